The van der Waals surface area contributed by atoms with E-state index >= 15 is 0 Å². The number of likely N-dealkylation sites (tertiary alicyclic amines) is 1. The summed E-state index contributed by atoms with van der Waals surface area (Å²) in [6, 6.07) is 5.37. The topological polar surface area (TPSA) is 90.8 Å². The molecule has 3 amide bonds. The molecule has 0 bridgehead atoms. The number of benzene rings is 1. The van der Waals surface area contributed by atoms with Crippen LogP contribution in [0, 0.1) is 13.8 Å². The maximum Gasteiger partial charge on any atom is 0.253 e. The van der Waals surface area contributed by atoms with E-state index in [1.54, 1.807) is 15.6 Å². The molecule has 1 aromatic carbocycles. The van der Waals surface area contributed by atoms with Gasteiger partial charge in [0.1, 0.15) is 12.6 Å². The summed E-state index contributed by atoms with van der Waals surface area (Å²) < 4.78 is 1.80. The van der Waals surface area contributed by atoms with Crippen LogP contribution in [-0.4, -0.2) is 64.6 Å². The largest absolute Gasteiger partial charge is 0.358 e. The molecule has 9 heteroatoms. The molecule has 1 unspecified atom stereocenters. The van der Waals surface area contributed by atoms with Crippen molar-refractivity contribution in [3.05, 3.63) is 40.7 Å². The normalized spacial score (nSPS) is 19.6. The van der Waals surface area contributed by atoms with E-state index in [0.717, 1.165) is 74.4 Å². The van der Waals surface area contributed by atoms with Crippen molar-refractivity contribution in [2.24, 2.45) is 7.05 Å². The van der Waals surface area contributed by atoms with Gasteiger partial charge in [0.05, 0.1) is 17.1 Å². The Kier molecular flexibility index (Phi) is 6.25. The van der Waals surface area contributed by atoms with Gasteiger partial charge in [0.2, 0.25) is 11.8 Å². The zero-order valence-corrected chi connectivity index (χ0v) is 20.8. The molecule has 4 heterocycles. The number of carbonyl (C=O) groups excluding carboxylic acids is 3. The van der Waals surface area contributed by atoms with Crippen LogP contribution in [0.15, 0.2) is 18.2 Å². The first-order valence-corrected chi connectivity index (χ1v) is 12.6. The fourth-order valence-corrected chi connectivity index (χ4v) is 5.62. The molecular formula is C26H34N6O3. The number of rotatable bonds is 5. The van der Waals surface area contributed by atoms with Gasteiger partial charge in [-0.3, -0.25) is 24.0 Å². The summed E-state index contributed by atoms with van der Waals surface area (Å²) in [7, 11) is 1.88. The molecule has 3 aliphatic heterocycles. The molecule has 35 heavy (non-hydrogen) atoms. The van der Waals surface area contributed by atoms with Crippen LogP contribution in [0.3, 0.4) is 0 Å². The first-order valence-electron chi connectivity index (χ1n) is 12.6. The predicted octanol–water partition coefficient (Wildman–Crippen LogP) is 2.29. The van der Waals surface area contributed by atoms with Gasteiger partial charge in [0.15, 0.2) is 0 Å². The first kappa shape index (κ1) is 23.4. The van der Waals surface area contributed by atoms with Crippen molar-refractivity contribution in [1.82, 2.24) is 20.0 Å². The van der Waals surface area contributed by atoms with Crippen molar-refractivity contribution >= 4 is 29.1 Å². The minimum Gasteiger partial charge on any atom is -0.358 e. The van der Waals surface area contributed by atoms with Crippen molar-refractivity contribution in [3.63, 3.8) is 0 Å². The lowest BCUT2D eigenvalue weighted by Crippen LogP contribution is -2.57. The quantitative estimate of drug-likeness (QED) is 0.712. The van der Waals surface area contributed by atoms with E-state index in [1.807, 2.05) is 37.9 Å². The molecule has 0 radical (unpaired) electrons. The first-order chi connectivity index (χ1) is 16.8. The van der Waals surface area contributed by atoms with Crippen LogP contribution in [-0.2, 0) is 23.2 Å². The van der Waals surface area contributed by atoms with E-state index in [0.29, 0.717) is 17.8 Å². The maximum absolute atomic E-state index is 13.6. The molecule has 5 rings (SSSR count). The fourth-order valence-electron chi connectivity index (χ4n) is 5.62. The molecule has 2 saturated heterocycles. The summed E-state index contributed by atoms with van der Waals surface area (Å²) in [4.78, 5) is 45.3. The SMILES string of the molecule is Cc1nn(C)c(C)c1CNC(=O)CN1C(=O)C2CCCCN2c2ccc(C(=O)N3CCCC3)cc21. The summed E-state index contributed by atoms with van der Waals surface area (Å²) >= 11 is 0. The van der Waals surface area contributed by atoms with Gasteiger partial charge >= 0.3 is 0 Å². The number of nitrogens with zero attached hydrogens (tertiary/aromatic N) is 5. The summed E-state index contributed by atoms with van der Waals surface area (Å²) in [6.07, 6.45) is 4.84. The fraction of sp³-hybridized carbons (Fsp3) is 0.538. The molecule has 186 valence electrons. The van der Waals surface area contributed by atoms with Crippen molar-refractivity contribution in [3.8, 4) is 0 Å². The van der Waals surface area contributed by atoms with E-state index in [4.69, 9.17) is 0 Å². The van der Waals surface area contributed by atoms with Gasteiger partial charge in [-0.2, -0.15) is 5.10 Å². The maximum atomic E-state index is 13.6. The van der Waals surface area contributed by atoms with E-state index in [2.05, 4.69) is 15.3 Å². The lowest BCUT2D eigenvalue weighted by atomic mass is 9.95. The second kappa shape index (κ2) is 9.36. The summed E-state index contributed by atoms with van der Waals surface area (Å²) in [5.74, 6) is -0.301. The second-order valence-corrected chi connectivity index (χ2v) is 9.88. The van der Waals surface area contributed by atoms with Crippen LogP contribution in [0.5, 0.6) is 0 Å². The highest BCUT2D eigenvalue weighted by Gasteiger charge is 2.40. The Hall–Kier alpha value is -3.36. The Labute approximate surface area is 206 Å². The number of fused-ring (bicyclic) bond motifs is 3. The Morgan fingerprint density at radius 1 is 1.06 bits per heavy atom. The van der Waals surface area contributed by atoms with Gasteiger partial charge in [0.25, 0.3) is 5.91 Å². The van der Waals surface area contributed by atoms with Crippen molar-refractivity contribution in [1.29, 1.82) is 0 Å². The number of aryl methyl sites for hydroxylation is 2. The average Bonchev–Trinajstić information content (AvgIpc) is 3.48. The Balaban J connectivity index is 1.41. The van der Waals surface area contributed by atoms with Crippen molar-refractivity contribution in [2.75, 3.05) is 36.0 Å². The van der Waals surface area contributed by atoms with Crippen LogP contribution in [0.1, 0.15) is 59.4 Å². The molecule has 1 atom stereocenters. The lowest BCUT2D eigenvalue weighted by Gasteiger charge is -2.45. The minimum atomic E-state index is -0.257. The molecule has 9 nitrogen and oxygen atoms in total. The van der Waals surface area contributed by atoms with Crippen molar-refractivity contribution < 1.29 is 14.4 Å². The third-order valence-electron chi connectivity index (χ3n) is 7.69. The number of aromatic nitrogens is 2. The number of nitrogens with one attached hydrogen (secondary N) is 1. The van der Waals surface area contributed by atoms with E-state index in [1.165, 1.54) is 0 Å². The number of hydrogen-bond acceptors (Lipinski definition) is 5. The molecule has 1 aromatic heterocycles. The smallest absolute Gasteiger partial charge is 0.253 e. The Morgan fingerprint density at radius 2 is 1.80 bits per heavy atom. The Morgan fingerprint density at radius 3 is 2.51 bits per heavy atom. The molecule has 0 spiro atoms. The van der Waals surface area contributed by atoms with Crippen molar-refractivity contribution in [2.45, 2.75) is 58.5 Å². The number of amides is 3. The molecule has 1 N–H and O–H groups in total. The van der Waals surface area contributed by atoms with Gasteiger partial charge in [-0.25, -0.2) is 0 Å². The molecule has 2 aromatic rings. The van der Waals surface area contributed by atoms with Crippen LogP contribution >= 0.6 is 0 Å². The standard InChI is InChI=1S/C26H34N6O3/c1-17-20(18(2)29(3)28-17)15-27-24(33)16-32-23-14-19(25(34)30-11-6-7-12-30)9-10-21(23)31-13-5-4-8-22(31)26(32)35/h9-10,14,22H,4-8,11-13,15-16H2,1-3H3,(H,27,33). The minimum absolute atomic E-state index is 0.00885. The lowest BCUT2D eigenvalue weighted by molar-refractivity contribution is -0.125. The van der Waals surface area contributed by atoms with Gasteiger partial charge < -0.3 is 15.1 Å². The van der Waals surface area contributed by atoms with Gasteiger partial charge in [-0.15, -0.1) is 0 Å². The molecule has 3 aliphatic rings. The highest BCUT2D eigenvalue weighted by atomic mass is 16.2. The summed E-state index contributed by atoms with van der Waals surface area (Å²) in [5.41, 5.74) is 5.03. The zero-order chi connectivity index (χ0) is 24.7. The van der Waals surface area contributed by atoms with Gasteiger partial charge in [-0.05, 0) is 64.2 Å². The van der Waals surface area contributed by atoms with Crippen LogP contribution in [0.2, 0.25) is 0 Å². The molecular weight excluding hydrogens is 444 g/mol. The molecule has 0 aliphatic carbocycles. The number of anilines is 2. The number of piperidine rings is 1. The van der Waals surface area contributed by atoms with Crippen LogP contribution < -0.4 is 15.1 Å². The number of hydrogen-bond donors (Lipinski definition) is 1. The third kappa shape index (κ3) is 4.28. The van der Waals surface area contributed by atoms with E-state index < -0.39 is 0 Å². The molecule has 0 saturated carbocycles. The third-order valence-corrected chi connectivity index (χ3v) is 7.69. The number of carbonyl (C=O) groups is 3. The van der Waals surface area contributed by atoms with E-state index in [-0.39, 0.29) is 30.3 Å². The second-order valence-electron chi connectivity index (χ2n) is 9.88. The van der Waals surface area contributed by atoms with E-state index in [9.17, 15) is 14.4 Å². The monoisotopic (exact) mass is 478 g/mol. The average molecular weight is 479 g/mol. The molecule has 2 fully saturated rings. The highest BCUT2D eigenvalue weighted by Crippen LogP contribution is 2.40. The summed E-state index contributed by atoms with van der Waals surface area (Å²) in [5, 5.41) is 7.38. The predicted molar refractivity (Wildman–Crippen MR) is 133 cm³/mol. The Bertz CT molecular complexity index is 1170. The van der Waals surface area contributed by atoms with Gasteiger partial charge in [-0.1, -0.05) is 0 Å². The van der Waals surface area contributed by atoms with Crippen LogP contribution in [0.4, 0.5) is 11.4 Å². The van der Waals surface area contributed by atoms with Gasteiger partial charge in [0, 0.05) is 50.0 Å². The highest BCUT2D eigenvalue weighted by molar-refractivity contribution is 6.09. The van der Waals surface area contributed by atoms with Crippen LogP contribution in [0.25, 0.3) is 0 Å². The summed E-state index contributed by atoms with van der Waals surface area (Å²) in [6.45, 7) is 6.53. The zero-order valence-electron chi connectivity index (χ0n) is 20.8.